The number of pyridine rings is 1. The van der Waals surface area contributed by atoms with E-state index < -0.39 is 0 Å². The largest absolute Gasteiger partial charge is 0.342 e. The third-order valence-corrected chi connectivity index (χ3v) is 1.68. The fourth-order valence-corrected chi connectivity index (χ4v) is 0.810. The highest BCUT2D eigenvalue weighted by Crippen LogP contribution is 1.99. The summed E-state index contributed by atoms with van der Waals surface area (Å²) < 4.78 is 0. The van der Waals surface area contributed by atoms with Gasteiger partial charge in [-0.05, 0) is 19.1 Å². The molecule has 1 aromatic rings. The zero-order valence-electron chi connectivity index (χ0n) is 7.24. The molecule has 1 aromatic heterocycles. The molecule has 0 aliphatic rings. The molecule has 0 saturated carbocycles. The molecule has 1 heterocycles. The molecule has 1 radical (unpaired) electrons. The SMILES string of the molecule is CCN(C)C(=O)c1cc[c]nc1. The van der Waals surface area contributed by atoms with E-state index in [1.54, 1.807) is 24.1 Å². The predicted octanol–water partition coefficient (Wildman–Crippen LogP) is 0.974. The fourth-order valence-electron chi connectivity index (χ4n) is 0.810. The average molecular weight is 163 g/mol. The lowest BCUT2D eigenvalue weighted by molar-refractivity contribution is 0.0802. The summed E-state index contributed by atoms with van der Waals surface area (Å²) in [5.74, 6) is -0.000926. The van der Waals surface area contributed by atoms with Crippen molar-refractivity contribution in [3.63, 3.8) is 0 Å². The number of rotatable bonds is 2. The standard InChI is InChI=1S/C9H11N2O/c1-3-11(2)9(12)8-5-4-6-10-7-8/h4-5,7H,3H2,1-2H3. The van der Waals surface area contributed by atoms with Crippen molar-refractivity contribution in [2.75, 3.05) is 13.6 Å². The topological polar surface area (TPSA) is 33.2 Å². The second-order valence-corrected chi connectivity index (χ2v) is 2.50. The lowest BCUT2D eigenvalue weighted by Gasteiger charge is -2.13. The molecule has 0 aliphatic heterocycles. The summed E-state index contributed by atoms with van der Waals surface area (Å²) in [7, 11) is 1.76. The summed E-state index contributed by atoms with van der Waals surface area (Å²) >= 11 is 0. The quantitative estimate of drug-likeness (QED) is 0.651. The van der Waals surface area contributed by atoms with E-state index in [1.165, 1.54) is 6.20 Å². The van der Waals surface area contributed by atoms with Gasteiger partial charge in [0.1, 0.15) is 0 Å². The number of hydrogen-bond acceptors (Lipinski definition) is 2. The minimum atomic E-state index is -0.000926. The van der Waals surface area contributed by atoms with E-state index in [0.717, 1.165) is 0 Å². The maximum Gasteiger partial charge on any atom is 0.255 e. The van der Waals surface area contributed by atoms with Crippen molar-refractivity contribution in [3.8, 4) is 0 Å². The molecule has 1 rings (SSSR count). The second kappa shape index (κ2) is 3.85. The molecule has 0 atom stereocenters. The number of nitrogens with zero attached hydrogens (tertiary/aromatic N) is 2. The zero-order chi connectivity index (χ0) is 8.97. The fraction of sp³-hybridized carbons (Fsp3) is 0.333. The van der Waals surface area contributed by atoms with E-state index in [0.29, 0.717) is 12.1 Å². The van der Waals surface area contributed by atoms with Crippen molar-refractivity contribution < 1.29 is 4.79 Å². The molecule has 0 aromatic carbocycles. The minimum absolute atomic E-state index is 0.000926. The van der Waals surface area contributed by atoms with Crippen molar-refractivity contribution in [3.05, 3.63) is 30.1 Å². The van der Waals surface area contributed by atoms with E-state index >= 15 is 0 Å². The normalized spacial score (nSPS) is 9.50. The Morgan fingerprint density at radius 2 is 2.50 bits per heavy atom. The molecule has 3 nitrogen and oxygen atoms in total. The third-order valence-electron chi connectivity index (χ3n) is 1.68. The van der Waals surface area contributed by atoms with Crippen LogP contribution in [0.25, 0.3) is 0 Å². The van der Waals surface area contributed by atoms with Crippen LogP contribution in [-0.2, 0) is 0 Å². The summed E-state index contributed by atoms with van der Waals surface area (Å²) in [4.78, 5) is 16.8. The first-order valence-corrected chi connectivity index (χ1v) is 3.83. The lowest BCUT2D eigenvalue weighted by atomic mass is 10.2. The van der Waals surface area contributed by atoms with E-state index in [-0.39, 0.29) is 5.91 Å². The van der Waals surface area contributed by atoms with Crippen LogP contribution in [0.3, 0.4) is 0 Å². The van der Waals surface area contributed by atoms with Crippen LogP contribution in [-0.4, -0.2) is 29.4 Å². The second-order valence-electron chi connectivity index (χ2n) is 2.50. The summed E-state index contributed by atoms with van der Waals surface area (Å²) in [5, 5.41) is 0. The number of aromatic nitrogens is 1. The van der Waals surface area contributed by atoms with Crippen LogP contribution in [0.2, 0.25) is 0 Å². The maximum atomic E-state index is 11.4. The van der Waals surface area contributed by atoms with Crippen LogP contribution in [0.1, 0.15) is 17.3 Å². The summed E-state index contributed by atoms with van der Waals surface area (Å²) in [6.07, 6.45) is 4.15. The molecular weight excluding hydrogens is 152 g/mol. The van der Waals surface area contributed by atoms with Gasteiger partial charge in [0.15, 0.2) is 0 Å². The first-order valence-electron chi connectivity index (χ1n) is 3.83. The Kier molecular flexibility index (Phi) is 2.80. The van der Waals surface area contributed by atoms with Gasteiger partial charge in [-0.1, -0.05) is 0 Å². The van der Waals surface area contributed by atoms with Gasteiger partial charge in [0.2, 0.25) is 0 Å². The van der Waals surface area contributed by atoms with Gasteiger partial charge in [0.05, 0.1) is 11.8 Å². The van der Waals surface area contributed by atoms with Crippen LogP contribution in [0.5, 0.6) is 0 Å². The minimum Gasteiger partial charge on any atom is -0.342 e. The summed E-state index contributed by atoms with van der Waals surface area (Å²) in [6.45, 7) is 2.64. The molecule has 0 spiro atoms. The van der Waals surface area contributed by atoms with Gasteiger partial charge in [-0.2, -0.15) is 0 Å². The van der Waals surface area contributed by atoms with Gasteiger partial charge in [-0.3, -0.25) is 9.78 Å². The molecule has 0 saturated heterocycles. The van der Waals surface area contributed by atoms with E-state index in [9.17, 15) is 4.79 Å². The smallest absolute Gasteiger partial charge is 0.255 e. The molecule has 0 N–H and O–H groups in total. The Labute approximate surface area is 72.0 Å². The van der Waals surface area contributed by atoms with Crippen molar-refractivity contribution >= 4 is 5.91 Å². The number of hydrogen-bond donors (Lipinski definition) is 0. The monoisotopic (exact) mass is 163 g/mol. The van der Waals surface area contributed by atoms with Crippen molar-refractivity contribution in [2.45, 2.75) is 6.92 Å². The third kappa shape index (κ3) is 1.81. The predicted molar refractivity (Wildman–Crippen MR) is 45.7 cm³/mol. The summed E-state index contributed by atoms with van der Waals surface area (Å²) in [6, 6.07) is 3.35. The lowest BCUT2D eigenvalue weighted by Crippen LogP contribution is -2.26. The molecule has 0 fully saturated rings. The van der Waals surface area contributed by atoms with Gasteiger partial charge in [-0.15, -0.1) is 0 Å². The van der Waals surface area contributed by atoms with Gasteiger partial charge >= 0.3 is 0 Å². The van der Waals surface area contributed by atoms with Crippen molar-refractivity contribution in [1.82, 2.24) is 9.88 Å². The number of carbonyl (C=O) groups is 1. The molecule has 1 amide bonds. The molecule has 0 unspecified atom stereocenters. The van der Waals surface area contributed by atoms with E-state index in [1.807, 2.05) is 6.92 Å². The zero-order valence-corrected chi connectivity index (χ0v) is 7.24. The Morgan fingerprint density at radius 1 is 1.75 bits per heavy atom. The number of carbonyl (C=O) groups excluding carboxylic acids is 1. The molecule has 63 valence electrons. The van der Waals surface area contributed by atoms with Crippen LogP contribution in [0.4, 0.5) is 0 Å². The van der Waals surface area contributed by atoms with Gasteiger partial charge in [-0.25, -0.2) is 0 Å². The van der Waals surface area contributed by atoms with E-state index in [2.05, 4.69) is 11.2 Å². The molecule has 12 heavy (non-hydrogen) atoms. The molecule has 3 heteroatoms. The van der Waals surface area contributed by atoms with Crippen LogP contribution >= 0.6 is 0 Å². The van der Waals surface area contributed by atoms with Crippen LogP contribution in [0.15, 0.2) is 18.3 Å². The van der Waals surface area contributed by atoms with Crippen LogP contribution in [0, 0.1) is 6.20 Å². The highest BCUT2D eigenvalue weighted by molar-refractivity contribution is 5.93. The molecule has 0 aliphatic carbocycles. The highest BCUT2D eigenvalue weighted by Gasteiger charge is 2.08. The van der Waals surface area contributed by atoms with Gasteiger partial charge in [0, 0.05) is 19.8 Å². The average Bonchev–Trinajstić information content (AvgIpc) is 2.17. The first-order chi connectivity index (χ1) is 5.75. The summed E-state index contributed by atoms with van der Waals surface area (Å²) in [5.41, 5.74) is 0.609. The Hall–Kier alpha value is -1.38. The Morgan fingerprint density at radius 3 is 3.00 bits per heavy atom. The first kappa shape index (κ1) is 8.71. The van der Waals surface area contributed by atoms with Crippen molar-refractivity contribution in [1.29, 1.82) is 0 Å². The maximum absolute atomic E-state index is 11.4. The highest BCUT2D eigenvalue weighted by atomic mass is 16.2. The van der Waals surface area contributed by atoms with Crippen LogP contribution < -0.4 is 0 Å². The molecular formula is C9H11N2O. The number of amides is 1. The van der Waals surface area contributed by atoms with E-state index in [4.69, 9.17) is 0 Å². The Balaban J connectivity index is 2.79. The van der Waals surface area contributed by atoms with Gasteiger partial charge < -0.3 is 4.90 Å². The molecule has 0 bridgehead atoms. The Bertz CT molecular complexity index is 258. The van der Waals surface area contributed by atoms with Crippen molar-refractivity contribution in [2.24, 2.45) is 0 Å². The van der Waals surface area contributed by atoms with Gasteiger partial charge in [0.25, 0.3) is 5.91 Å².